The number of amides is 1. The molecule has 0 saturated carbocycles. The van der Waals surface area contributed by atoms with Gasteiger partial charge in [-0.05, 0) is 46.1 Å². The lowest BCUT2D eigenvalue weighted by molar-refractivity contribution is -0.137. The van der Waals surface area contributed by atoms with Crippen LogP contribution >= 0.6 is 0 Å². The van der Waals surface area contributed by atoms with Gasteiger partial charge in [0.15, 0.2) is 0 Å². The average molecular weight is 267 g/mol. The number of carboxylic acids is 1. The van der Waals surface area contributed by atoms with Crippen molar-refractivity contribution >= 4 is 11.9 Å². The second-order valence-corrected chi connectivity index (χ2v) is 4.88. The van der Waals surface area contributed by atoms with Gasteiger partial charge in [-0.2, -0.15) is 0 Å². The van der Waals surface area contributed by atoms with Gasteiger partial charge >= 0.3 is 5.97 Å². The van der Waals surface area contributed by atoms with E-state index in [2.05, 4.69) is 10.2 Å². The van der Waals surface area contributed by atoms with Crippen molar-refractivity contribution in [3.05, 3.63) is 24.0 Å². The van der Waals surface area contributed by atoms with Crippen molar-refractivity contribution in [2.45, 2.75) is 25.9 Å². The minimum absolute atomic E-state index is 0.0445. The summed E-state index contributed by atoms with van der Waals surface area (Å²) >= 11 is 0. The molecule has 1 rings (SSSR count). The molecule has 0 spiro atoms. The first-order valence-corrected chi connectivity index (χ1v) is 6.22. The summed E-state index contributed by atoms with van der Waals surface area (Å²) < 4.78 is 1.43. The third kappa shape index (κ3) is 5.13. The molecule has 0 aliphatic carbocycles. The minimum Gasteiger partial charge on any atom is -0.480 e. The minimum atomic E-state index is -0.967. The van der Waals surface area contributed by atoms with Crippen LogP contribution in [0.3, 0.4) is 0 Å². The summed E-state index contributed by atoms with van der Waals surface area (Å²) in [5.74, 6) is -1.21. The highest BCUT2D eigenvalue weighted by Crippen LogP contribution is 2.04. The van der Waals surface area contributed by atoms with E-state index in [0.29, 0.717) is 5.69 Å². The molecule has 1 heterocycles. The smallest absolute Gasteiger partial charge is 0.323 e. The highest BCUT2D eigenvalue weighted by molar-refractivity contribution is 5.93. The monoisotopic (exact) mass is 267 g/mol. The van der Waals surface area contributed by atoms with E-state index in [0.717, 1.165) is 13.0 Å². The van der Waals surface area contributed by atoms with Crippen LogP contribution in [0.15, 0.2) is 18.3 Å². The van der Waals surface area contributed by atoms with E-state index < -0.39 is 5.97 Å². The molecule has 1 amide bonds. The molecule has 0 radical (unpaired) electrons. The Bertz CT molecular complexity index is 440. The molecular weight excluding hydrogens is 246 g/mol. The highest BCUT2D eigenvalue weighted by atomic mass is 16.4. The number of nitrogens with zero attached hydrogens (tertiary/aromatic N) is 2. The zero-order valence-corrected chi connectivity index (χ0v) is 11.6. The highest BCUT2D eigenvalue weighted by Gasteiger charge is 2.14. The summed E-state index contributed by atoms with van der Waals surface area (Å²) in [7, 11) is 3.96. The number of aromatic nitrogens is 1. The Balaban J connectivity index is 2.58. The number of carbonyl (C=O) groups excluding carboxylic acids is 1. The van der Waals surface area contributed by atoms with Gasteiger partial charge in [0.2, 0.25) is 0 Å². The number of rotatable bonds is 7. The van der Waals surface area contributed by atoms with E-state index in [9.17, 15) is 9.59 Å². The number of carboxylic acid groups (broad SMARTS) is 1. The zero-order valence-electron chi connectivity index (χ0n) is 11.6. The SMILES string of the molecule is CC(CCN(C)C)NC(=O)c1cccn1CC(=O)O. The van der Waals surface area contributed by atoms with Gasteiger partial charge in [0.25, 0.3) is 5.91 Å². The predicted molar refractivity (Wildman–Crippen MR) is 72.2 cm³/mol. The third-order valence-electron chi connectivity index (χ3n) is 2.75. The fourth-order valence-corrected chi connectivity index (χ4v) is 1.73. The number of carbonyl (C=O) groups is 2. The van der Waals surface area contributed by atoms with Crippen LogP contribution in [0.1, 0.15) is 23.8 Å². The number of aliphatic carboxylic acids is 1. The fraction of sp³-hybridized carbons (Fsp3) is 0.538. The summed E-state index contributed by atoms with van der Waals surface area (Å²) in [5, 5.41) is 11.6. The number of nitrogens with one attached hydrogen (secondary N) is 1. The van der Waals surface area contributed by atoms with E-state index in [1.54, 1.807) is 18.3 Å². The van der Waals surface area contributed by atoms with Crippen LogP contribution in [0.2, 0.25) is 0 Å². The Morgan fingerprint density at radius 1 is 1.47 bits per heavy atom. The third-order valence-corrected chi connectivity index (χ3v) is 2.75. The predicted octanol–water partition coefficient (Wildman–Crippen LogP) is 0.643. The topological polar surface area (TPSA) is 74.6 Å². The molecule has 0 bridgehead atoms. The molecule has 0 saturated heterocycles. The van der Waals surface area contributed by atoms with Crippen molar-refractivity contribution in [3.63, 3.8) is 0 Å². The molecular formula is C13H21N3O3. The van der Waals surface area contributed by atoms with Crippen LogP contribution in [0, 0.1) is 0 Å². The quantitative estimate of drug-likeness (QED) is 0.760. The lowest BCUT2D eigenvalue weighted by Crippen LogP contribution is -2.36. The van der Waals surface area contributed by atoms with Crippen LogP contribution in [-0.2, 0) is 11.3 Å². The van der Waals surface area contributed by atoms with Gasteiger partial charge in [-0.3, -0.25) is 9.59 Å². The van der Waals surface area contributed by atoms with Crippen LogP contribution in [-0.4, -0.2) is 53.1 Å². The molecule has 0 aromatic carbocycles. The van der Waals surface area contributed by atoms with Gasteiger partial charge in [0, 0.05) is 12.2 Å². The zero-order chi connectivity index (χ0) is 14.4. The van der Waals surface area contributed by atoms with E-state index in [4.69, 9.17) is 5.11 Å². The molecule has 1 atom stereocenters. The molecule has 0 aliphatic heterocycles. The second kappa shape index (κ2) is 6.94. The lowest BCUT2D eigenvalue weighted by atomic mass is 10.2. The van der Waals surface area contributed by atoms with Crippen molar-refractivity contribution in [3.8, 4) is 0 Å². The molecule has 2 N–H and O–H groups in total. The Morgan fingerprint density at radius 2 is 2.16 bits per heavy atom. The van der Waals surface area contributed by atoms with Crippen LogP contribution in [0.4, 0.5) is 0 Å². The van der Waals surface area contributed by atoms with E-state index in [-0.39, 0.29) is 18.5 Å². The van der Waals surface area contributed by atoms with Crippen LogP contribution in [0.5, 0.6) is 0 Å². The van der Waals surface area contributed by atoms with Crippen LogP contribution in [0.25, 0.3) is 0 Å². The summed E-state index contributed by atoms with van der Waals surface area (Å²) in [5.41, 5.74) is 0.374. The molecule has 19 heavy (non-hydrogen) atoms. The van der Waals surface area contributed by atoms with Gasteiger partial charge in [0.1, 0.15) is 12.2 Å². The van der Waals surface area contributed by atoms with E-state index in [1.165, 1.54) is 4.57 Å². The Kier molecular flexibility index (Phi) is 5.57. The Morgan fingerprint density at radius 3 is 2.74 bits per heavy atom. The summed E-state index contributed by atoms with van der Waals surface area (Å²) in [6.07, 6.45) is 2.44. The van der Waals surface area contributed by atoms with Gasteiger partial charge in [-0.15, -0.1) is 0 Å². The first-order chi connectivity index (χ1) is 8.90. The van der Waals surface area contributed by atoms with Gasteiger partial charge in [-0.25, -0.2) is 0 Å². The van der Waals surface area contributed by atoms with E-state index in [1.807, 2.05) is 21.0 Å². The molecule has 0 aliphatic rings. The van der Waals surface area contributed by atoms with Gasteiger partial charge in [0.05, 0.1) is 0 Å². The molecule has 6 heteroatoms. The first-order valence-electron chi connectivity index (χ1n) is 6.22. The van der Waals surface area contributed by atoms with Crippen molar-refractivity contribution in [2.75, 3.05) is 20.6 Å². The summed E-state index contributed by atoms with van der Waals surface area (Å²) in [6.45, 7) is 2.62. The van der Waals surface area contributed by atoms with Gasteiger partial charge in [-0.1, -0.05) is 0 Å². The average Bonchev–Trinajstić information content (AvgIpc) is 2.73. The molecule has 6 nitrogen and oxygen atoms in total. The van der Waals surface area contributed by atoms with Crippen molar-refractivity contribution in [1.82, 2.24) is 14.8 Å². The van der Waals surface area contributed by atoms with Crippen molar-refractivity contribution in [1.29, 1.82) is 0 Å². The summed E-state index contributed by atoms with van der Waals surface area (Å²) in [4.78, 5) is 24.8. The maximum atomic E-state index is 12.0. The largest absolute Gasteiger partial charge is 0.480 e. The maximum absolute atomic E-state index is 12.0. The van der Waals surface area contributed by atoms with Crippen molar-refractivity contribution in [2.24, 2.45) is 0 Å². The Hall–Kier alpha value is -1.82. The fourth-order valence-electron chi connectivity index (χ4n) is 1.73. The molecule has 1 unspecified atom stereocenters. The van der Waals surface area contributed by atoms with Crippen LogP contribution < -0.4 is 5.32 Å². The molecule has 1 aromatic rings. The maximum Gasteiger partial charge on any atom is 0.323 e. The second-order valence-electron chi connectivity index (χ2n) is 4.88. The Labute approximate surface area is 113 Å². The molecule has 1 aromatic heterocycles. The molecule has 106 valence electrons. The number of hydrogen-bond acceptors (Lipinski definition) is 3. The van der Waals surface area contributed by atoms with E-state index >= 15 is 0 Å². The first kappa shape index (κ1) is 15.2. The number of hydrogen-bond donors (Lipinski definition) is 2. The molecule has 0 fully saturated rings. The normalized spacial score (nSPS) is 12.4. The van der Waals surface area contributed by atoms with Gasteiger partial charge < -0.3 is 19.9 Å². The standard InChI is InChI=1S/C13H21N3O3/c1-10(6-8-15(2)3)14-13(19)11-5-4-7-16(11)9-12(17)18/h4-5,7,10H,6,8-9H2,1-3H3,(H,14,19)(H,17,18). The lowest BCUT2D eigenvalue weighted by Gasteiger charge is -2.17. The van der Waals surface area contributed by atoms with Crippen molar-refractivity contribution < 1.29 is 14.7 Å². The summed E-state index contributed by atoms with van der Waals surface area (Å²) in [6, 6.07) is 3.34.